The fraction of sp³-hybridized carbons (Fsp3) is 0.267. The standard InChI is InChI=1S/C15H14N2O6/c18-12(19)3-4-16-15(20)13-14(23-8-17-13)9-1-2-10-11(7-9)22-6-5-21-10/h1-2,7-8H,3-6H2,(H,16,20)(H,18,19). The number of hydrogen-bond donors (Lipinski definition) is 2. The summed E-state index contributed by atoms with van der Waals surface area (Å²) < 4.78 is 16.2. The molecule has 1 amide bonds. The number of amides is 1. The van der Waals surface area contributed by atoms with Gasteiger partial charge in [0.05, 0.1) is 6.42 Å². The van der Waals surface area contributed by atoms with Gasteiger partial charge in [0, 0.05) is 12.1 Å². The quantitative estimate of drug-likeness (QED) is 0.855. The number of fused-ring (bicyclic) bond motifs is 1. The average molecular weight is 318 g/mol. The summed E-state index contributed by atoms with van der Waals surface area (Å²) in [5, 5.41) is 11.1. The fourth-order valence-electron chi connectivity index (χ4n) is 2.16. The number of carboxylic acid groups (broad SMARTS) is 1. The first kappa shape index (κ1) is 14.9. The SMILES string of the molecule is O=C(O)CCNC(=O)c1ncoc1-c1ccc2c(c1)OCCO2. The van der Waals surface area contributed by atoms with Gasteiger partial charge in [0.1, 0.15) is 13.2 Å². The molecule has 0 saturated carbocycles. The van der Waals surface area contributed by atoms with Crippen molar-refractivity contribution in [1.82, 2.24) is 10.3 Å². The normalized spacial score (nSPS) is 12.7. The van der Waals surface area contributed by atoms with Gasteiger partial charge < -0.3 is 24.3 Å². The van der Waals surface area contributed by atoms with E-state index in [0.29, 0.717) is 30.3 Å². The van der Waals surface area contributed by atoms with Gasteiger partial charge in [-0.3, -0.25) is 9.59 Å². The Morgan fingerprint density at radius 1 is 1.22 bits per heavy atom. The molecule has 3 rings (SSSR count). The van der Waals surface area contributed by atoms with Crippen molar-refractivity contribution in [3.63, 3.8) is 0 Å². The molecule has 120 valence electrons. The Morgan fingerprint density at radius 2 is 2.00 bits per heavy atom. The van der Waals surface area contributed by atoms with Gasteiger partial charge in [0.15, 0.2) is 29.3 Å². The summed E-state index contributed by atoms with van der Waals surface area (Å²) in [6.45, 7) is 0.961. The number of aromatic nitrogens is 1. The molecule has 0 bridgehead atoms. The van der Waals surface area contributed by atoms with Crippen LogP contribution in [0, 0.1) is 0 Å². The minimum atomic E-state index is -0.988. The maximum Gasteiger partial charge on any atom is 0.305 e. The summed E-state index contributed by atoms with van der Waals surface area (Å²) in [6.07, 6.45) is 1.00. The lowest BCUT2D eigenvalue weighted by Gasteiger charge is -2.18. The van der Waals surface area contributed by atoms with Crippen molar-refractivity contribution in [3.8, 4) is 22.8 Å². The van der Waals surface area contributed by atoms with Crippen molar-refractivity contribution < 1.29 is 28.6 Å². The summed E-state index contributed by atoms with van der Waals surface area (Å²) in [6, 6.07) is 5.18. The van der Waals surface area contributed by atoms with Crippen LogP contribution >= 0.6 is 0 Å². The van der Waals surface area contributed by atoms with Crippen LogP contribution in [0.2, 0.25) is 0 Å². The van der Waals surface area contributed by atoms with Crippen molar-refractivity contribution in [2.75, 3.05) is 19.8 Å². The second-order valence-electron chi connectivity index (χ2n) is 4.79. The van der Waals surface area contributed by atoms with Gasteiger partial charge in [-0.1, -0.05) is 0 Å². The van der Waals surface area contributed by atoms with Crippen LogP contribution in [0.15, 0.2) is 29.0 Å². The zero-order valence-corrected chi connectivity index (χ0v) is 12.1. The molecule has 8 heteroatoms. The number of hydrogen-bond acceptors (Lipinski definition) is 6. The molecule has 0 saturated heterocycles. The number of carboxylic acids is 1. The second kappa shape index (κ2) is 6.39. The lowest BCUT2D eigenvalue weighted by atomic mass is 10.1. The molecule has 2 aromatic rings. The minimum Gasteiger partial charge on any atom is -0.486 e. The monoisotopic (exact) mass is 318 g/mol. The van der Waals surface area contributed by atoms with E-state index in [-0.39, 0.29) is 24.4 Å². The Labute approximate surface area is 131 Å². The molecule has 23 heavy (non-hydrogen) atoms. The van der Waals surface area contributed by atoms with Gasteiger partial charge in [-0.2, -0.15) is 0 Å². The Morgan fingerprint density at radius 3 is 2.78 bits per heavy atom. The molecule has 8 nitrogen and oxygen atoms in total. The Bertz CT molecular complexity index is 739. The maximum atomic E-state index is 12.1. The third-order valence-electron chi connectivity index (χ3n) is 3.21. The number of ether oxygens (including phenoxy) is 2. The lowest BCUT2D eigenvalue weighted by molar-refractivity contribution is -0.136. The first-order valence-corrected chi connectivity index (χ1v) is 6.98. The summed E-state index contributed by atoms with van der Waals surface area (Å²) in [5.41, 5.74) is 0.710. The van der Waals surface area contributed by atoms with E-state index in [4.69, 9.17) is 19.0 Å². The summed E-state index contributed by atoms with van der Waals surface area (Å²) in [4.78, 5) is 26.5. The average Bonchev–Trinajstić information content (AvgIpc) is 3.03. The Kier molecular flexibility index (Phi) is 4.13. The van der Waals surface area contributed by atoms with E-state index in [1.165, 1.54) is 0 Å². The topological polar surface area (TPSA) is 111 Å². The smallest absolute Gasteiger partial charge is 0.305 e. The van der Waals surface area contributed by atoms with Gasteiger partial charge in [-0.15, -0.1) is 0 Å². The number of oxazole rings is 1. The van der Waals surface area contributed by atoms with Crippen molar-refractivity contribution in [3.05, 3.63) is 30.3 Å². The number of carbonyl (C=O) groups is 2. The minimum absolute atomic E-state index is 0.0155. The van der Waals surface area contributed by atoms with Crippen molar-refractivity contribution >= 4 is 11.9 Å². The summed E-state index contributed by atoms with van der Waals surface area (Å²) in [5.74, 6) is 0.00607. The molecular formula is C15H14N2O6. The molecule has 1 aromatic carbocycles. The van der Waals surface area contributed by atoms with Gasteiger partial charge in [-0.05, 0) is 18.2 Å². The first-order chi connectivity index (χ1) is 11.1. The highest BCUT2D eigenvalue weighted by Gasteiger charge is 2.20. The predicted octanol–water partition coefficient (Wildman–Crippen LogP) is 1.32. The van der Waals surface area contributed by atoms with E-state index >= 15 is 0 Å². The molecule has 1 aromatic heterocycles. The number of carbonyl (C=O) groups excluding carboxylic acids is 1. The number of aliphatic carboxylic acids is 1. The number of rotatable bonds is 5. The molecule has 0 atom stereocenters. The Hall–Kier alpha value is -3.03. The van der Waals surface area contributed by atoms with Gasteiger partial charge in [-0.25, -0.2) is 4.98 Å². The molecule has 0 fully saturated rings. The molecule has 1 aliphatic rings. The maximum absolute atomic E-state index is 12.1. The van der Waals surface area contributed by atoms with Crippen LogP contribution in [0.5, 0.6) is 11.5 Å². The third-order valence-corrected chi connectivity index (χ3v) is 3.21. The predicted molar refractivity (Wildman–Crippen MR) is 77.5 cm³/mol. The van der Waals surface area contributed by atoms with E-state index in [9.17, 15) is 9.59 Å². The van der Waals surface area contributed by atoms with Crippen LogP contribution in [-0.2, 0) is 4.79 Å². The molecule has 0 unspecified atom stereocenters. The van der Waals surface area contributed by atoms with Crippen LogP contribution in [-0.4, -0.2) is 41.7 Å². The zero-order valence-electron chi connectivity index (χ0n) is 12.1. The van der Waals surface area contributed by atoms with E-state index < -0.39 is 11.9 Å². The number of benzene rings is 1. The summed E-state index contributed by atoms with van der Waals surface area (Å²) in [7, 11) is 0. The number of nitrogens with zero attached hydrogens (tertiary/aromatic N) is 1. The molecule has 2 N–H and O–H groups in total. The van der Waals surface area contributed by atoms with Gasteiger partial charge in [0.25, 0.3) is 5.91 Å². The van der Waals surface area contributed by atoms with E-state index in [2.05, 4.69) is 10.3 Å². The second-order valence-corrected chi connectivity index (χ2v) is 4.79. The largest absolute Gasteiger partial charge is 0.486 e. The first-order valence-electron chi connectivity index (χ1n) is 6.98. The van der Waals surface area contributed by atoms with Crippen LogP contribution < -0.4 is 14.8 Å². The fourth-order valence-corrected chi connectivity index (χ4v) is 2.16. The molecule has 0 spiro atoms. The lowest BCUT2D eigenvalue weighted by Crippen LogP contribution is -2.26. The number of nitrogens with one attached hydrogen (secondary N) is 1. The van der Waals surface area contributed by atoms with Crippen LogP contribution in [0.3, 0.4) is 0 Å². The van der Waals surface area contributed by atoms with E-state index in [1.807, 2.05) is 0 Å². The van der Waals surface area contributed by atoms with Crippen molar-refractivity contribution in [1.29, 1.82) is 0 Å². The molecule has 2 heterocycles. The molecule has 0 aliphatic carbocycles. The molecule has 1 aliphatic heterocycles. The van der Waals surface area contributed by atoms with Gasteiger partial charge in [0.2, 0.25) is 0 Å². The van der Waals surface area contributed by atoms with Crippen LogP contribution in [0.4, 0.5) is 0 Å². The van der Waals surface area contributed by atoms with E-state index in [0.717, 1.165) is 6.39 Å². The molecular weight excluding hydrogens is 304 g/mol. The highest BCUT2D eigenvalue weighted by molar-refractivity contribution is 5.97. The van der Waals surface area contributed by atoms with Crippen LogP contribution in [0.1, 0.15) is 16.9 Å². The van der Waals surface area contributed by atoms with Crippen molar-refractivity contribution in [2.24, 2.45) is 0 Å². The summed E-state index contributed by atoms with van der Waals surface area (Å²) >= 11 is 0. The highest BCUT2D eigenvalue weighted by Crippen LogP contribution is 2.35. The highest BCUT2D eigenvalue weighted by atomic mass is 16.6. The van der Waals surface area contributed by atoms with E-state index in [1.54, 1.807) is 18.2 Å². The Balaban J connectivity index is 1.80. The van der Waals surface area contributed by atoms with Gasteiger partial charge >= 0.3 is 5.97 Å². The third kappa shape index (κ3) is 3.25. The van der Waals surface area contributed by atoms with Crippen molar-refractivity contribution in [2.45, 2.75) is 6.42 Å². The molecule has 0 radical (unpaired) electrons. The van der Waals surface area contributed by atoms with Crippen LogP contribution in [0.25, 0.3) is 11.3 Å². The zero-order chi connectivity index (χ0) is 16.2.